The molecule has 0 fully saturated rings. The lowest BCUT2D eigenvalue weighted by atomic mass is 10.2. The highest BCUT2D eigenvalue weighted by Crippen LogP contribution is 2.23. The van der Waals surface area contributed by atoms with E-state index in [4.69, 9.17) is 26.3 Å². The fraction of sp³-hybridized carbons (Fsp3) is 0.222. The lowest BCUT2D eigenvalue weighted by Gasteiger charge is -2.13. The van der Waals surface area contributed by atoms with E-state index in [9.17, 15) is 4.79 Å². The zero-order chi connectivity index (χ0) is 17.2. The Morgan fingerprint density at radius 3 is 2.62 bits per heavy atom. The van der Waals surface area contributed by atoms with Gasteiger partial charge in [0, 0.05) is 17.1 Å². The number of carbonyl (C=O) groups is 1. The summed E-state index contributed by atoms with van der Waals surface area (Å²) >= 11 is 5.99. The Balaban J connectivity index is 1.87. The van der Waals surface area contributed by atoms with E-state index in [1.54, 1.807) is 24.3 Å². The molecule has 24 heavy (non-hydrogen) atoms. The average molecular weight is 345 g/mol. The van der Waals surface area contributed by atoms with Crippen LogP contribution < -0.4 is 14.8 Å². The third kappa shape index (κ3) is 5.82. The average Bonchev–Trinajstić information content (AvgIpc) is 2.59. The lowest BCUT2D eigenvalue weighted by Crippen LogP contribution is -2.22. The largest absolute Gasteiger partial charge is 0.490 e. The Kier molecular flexibility index (Phi) is 6.93. The van der Waals surface area contributed by atoms with E-state index in [1.807, 2.05) is 30.3 Å². The van der Waals surface area contributed by atoms with Crippen LogP contribution in [-0.2, 0) is 11.3 Å². The first-order valence-electron chi connectivity index (χ1n) is 7.42. The normalized spacial score (nSPS) is 9.83. The van der Waals surface area contributed by atoms with Crippen molar-refractivity contribution >= 4 is 17.5 Å². The molecule has 0 unspecified atom stereocenters. The SMILES string of the molecule is N#CCC(=O)NCc1cc(Cl)ccc1OCCOc1ccccc1. The van der Waals surface area contributed by atoms with Crippen molar-refractivity contribution < 1.29 is 14.3 Å². The molecule has 0 aliphatic rings. The van der Waals surface area contributed by atoms with Gasteiger partial charge in [-0.2, -0.15) is 5.26 Å². The van der Waals surface area contributed by atoms with Crippen molar-refractivity contribution in [1.29, 1.82) is 5.26 Å². The molecule has 5 nitrogen and oxygen atoms in total. The maximum absolute atomic E-state index is 11.4. The van der Waals surface area contributed by atoms with Crippen LogP contribution >= 0.6 is 11.6 Å². The summed E-state index contributed by atoms with van der Waals surface area (Å²) in [5.41, 5.74) is 0.744. The molecule has 1 amide bonds. The number of rotatable bonds is 8. The number of hydrogen-bond donors (Lipinski definition) is 1. The van der Waals surface area contributed by atoms with E-state index in [0.29, 0.717) is 24.0 Å². The van der Waals surface area contributed by atoms with E-state index in [2.05, 4.69) is 5.32 Å². The minimum atomic E-state index is -0.337. The van der Waals surface area contributed by atoms with Gasteiger partial charge in [-0.05, 0) is 30.3 Å². The molecule has 0 bridgehead atoms. The molecule has 0 aliphatic carbocycles. The molecular weight excluding hydrogens is 328 g/mol. The second-order valence-electron chi connectivity index (χ2n) is 4.87. The summed E-state index contributed by atoms with van der Waals surface area (Å²) in [4.78, 5) is 11.4. The first-order chi connectivity index (χ1) is 11.7. The van der Waals surface area contributed by atoms with Crippen molar-refractivity contribution in [2.75, 3.05) is 13.2 Å². The highest BCUT2D eigenvalue weighted by Gasteiger charge is 2.07. The molecule has 0 saturated carbocycles. The highest BCUT2D eigenvalue weighted by atomic mass is 35.5. The van der Waals surface area contributed by atoms with Crippen molar-refractivity contribution in [3.05, 3.63) is 59.1 Å². The molecule has 0 radical (unpaired) electrons. The first kappa shape index (κ1) is 17.6. The molecule has 2 aromatic rings. The second-order valence-corrected chi connectivity index (χ2v) is 5.31. The van der Waals surface area contributed by atoms with Crippen LogP contribution in [0.15, 0.2) is 48.5 Å². The van der Waals surface area contributed by atoms with E-state index < -0.39 is 0 Å². The zero-order valence-corrected chi connectivity index (χ0v) is 13.8. The molecule has 1 N–H and O–H groups in total. The van der Waals surface area contributed by atoms with Gasteiger partial charge in [-0.15, -0.1) is 0 Å². The van der Waals surface area contributed by atoms with Crippen LogP contribution in [0.2, 0.25) is 5.02 Å². The number of amides is 1. The number of nitrogens with one attached hydrogen (secondary N) is 1. The van der Waals surface area contributed by atoms with Gasteiger partial charge in [-0.25, -0.2) is 0 Å². The molecule has 0 heterocycles. The molecular formula is C18H17ClN2O3. The van der Waals surface area contributed by atoms with Gasteiger partial charge in [-0.1, -0.05) is 29.8 Å². The van der Waals surface area contributed by atoms with Crippen LogP contribution in [0.5, 0.6) is 11.5 Å². The predicted molar refractivity (Wildman–Crippen MR) is 91.0 cm³/mol. The lowest BCUT2D eigenvalue weighted by molar-refractivity contribution is -0.120. The summed E-state index contributed by atoms with van der Waals surface area (Å²) in [6.07, 6.45) is -0.179. The van der Waals surface area contributed by atoms with E-state index in [-0.39, 0.29) is 18.9 Å². The van der Waals surface area contributed by atoms with Crippen LogP contribution in [0.4, 0.5) is 0 Å². The van der Waals surface area contributed by atoms with Crippen molar-refractivity contribution in [3.63, 3.8) is 0 Å². The molecule has 6 heteroatoms. The van der Waals surface area contributed by atoms with Gasteiger partial charge in [0.05, 0.1) is 6.07 Å². The molecule has 0 saturated heterocycles. The number of para-hydroxylation sites is 1. The van der Waals surface area contributed by atoms with Crippen molar-refractivity contribution in [3.8, 4) is 17.6 Å². The number of nitriles is 1. The van der Waals surface area contributed by atoms with Gasteiger partial charge in [0.15, 0.2) is 0 Å². The fourth-order valence-corrected chi connectivity index (χ4v) is 2.18. The Morgan fingerprint density at radius 1 is 1.12 bits per heavy atom. The van der Waals surface area contributed by atoms with Crippen LogP contribution in [0.1, 0.15) is 12.0 Å². The Labute approximate surface area is 145 Å². The molecule has 0 atom stereocenters. The summed E-state index contributed by atoms with van der Waals surface area (Å²) in [5.74, 6) is 1.06. The number of carbonyl (C=O) groups excluding carboxylic acids is 1. The molecule has 0 aliphatic heterocycles. The maximum Gasteiger partial charge on any atom is 0.234 e. The summed E-state index contributed by atoms with van der Waals surface area (Å²) in [5, 5.41) is 11.7. The Bertz CT molecular complexity index is 714. The van der Waals surface area contributed by atoms with Crippen molar-refractivity contribution in [2.24, 2.45) is 0 Å². The minimum absolute atomic E-state index is 0.179. The molecule has 0 aromatic heterocycles. The number of benzene rings is 2. The smallest absolute Gasteiger partial charge is 0.234 e. The topological polar surface area (TPSA) is 71.4 Å². The fourth-order valence-electron chi connectivity index (χ4n) is 1.98. The van der Waals surface area contributed by atoms with Crippen LogP contribution in [0.25, 0.3) is 0 Å². The Morgan fingerprint density at radius 2 is 1.88 bits per heavy atom. The van der Waals surface area contributed by atoms with Gasteiger partial charge in [0.1, 0.15) is 31.1 Å². The van der Waals surface area contributed by atoms with E-state index >= 15 is 0 Å². The summed E-state index contributed by atoms with van der Waals surface area (Å²) in [6, 6.07) is 16.5. The van der Waals surface area contributed by atoms with Crippen LogP contribution in [-0.4, -0.2) is 19.1 Å². The highest BCUT2D eigenvalue weighted by molar-refractivity contribution is 6.30. The van der Waals surface area contributed by atoms with Crippen LogP contribution in [0.3, 0.4) is 0 Å². The Hall–Kier alpha value is -2.71. The summed E-state index contributed by atoms with van der Waals surface area (Å²) in [6.45, 7) is 0.999. The third-order valence-corrected chi connectivity index (χ3v) is 3.33. The number of halogens is 1. The van der Waals surface area contributed by atoms with E-state index in [1.165, 1.54) is 0 Å². The third-order valence-electron chi connectivity index (χ3n) is 3.09. The first-order valence-corrected chi connectivity index (χ1v) is 7.79. The van der Waals surface area contributed by atoms with Gasteiger partial charge in [0.25, 0.3) is 0 Å². The predicted octanol–water partition coefficient (Wildman–Crippen LogP) is 3.33. The van der Waals surface area contributed by atoms with Gasteiger partial charge < -0.3 is 14.8 Å². The molecule has 124 valence electrons. The van der Waals surface area contributed by atoms with Gasteiger partial charge in [-0.3, -0.25) is 4.79 Å². The minimum Gasteiger partial charge on any atom is -0.490 e. The number of hydrogen-bond acceptors (Lipinski definition) is 4. The maximum atomic E-state index is 11.4. The zero-order valence-electron chi connectivity index (χ0n) is 13.0. The molecule has 2 rings (SSSR count). The van der Waals surface area contributed by atoms with E-state index in [0.717, 1.165) is 11.3 Å². The van der Waals surface area contributed by atoms with Gasteiger partial charge >= 0.3 is 0 Å². The second kappa shape index (κ2) is 9.43. The summed E-state index contributed by atoms with van der Waals surface area (Å²) < 4.78 is 11.3. The van der Waals surface area contributed by atoms with Gasteiger partial charge in [0.2, 0.25) is 5.91 Å². The standard InChI is InChI=1S/C18H17ClN2O3/c19-15-6-7-17(14(12-15)13-21-18(22)8-9-20)24-11-10-23-16-4-2-1-3-5-16/h1-7,12H,8,10-11,13H2,(H,21,22). The van der Waals surface area contributed by atoms with Crippen LogP contribution in [0, 0.1) is 11.3 Å². The molecule has 0 spiro atoms. The number of nitrogens with zero attached hydrogens (tertiary/aromatic N) is 1. The van der Waals surface area contributed by atoms with Crippen molar-refractivity contribution in [1.82, 2.24) is 5.32 Å². The quantitative estimate of drug-likeness (QED) is 0.746. The molecule has 2 aromatic carbocycles. The summed E-state index contributed by atoms with van der Waals surface area (Å²) in [7, 11) is 0. The number of ether oxygens (including phenoxy) is 2. The monoisotopic (exact) mass is 344 g/mol. The van der Waals surface area contributed by atoms with Crippen molar-refractivity contribution in [2.45, 2.75) is 13.0 Å².